The summed E-state index contributed by atoms with van der Waals surface area (Å²) in [6, 6.07) is 30.4. The molecule has 0 aliphatic carbocycles. The van der Waals surface area contributed by atoms with Gasteiger partial charge < -0.3 is 10.4 Å². The van der Waals surface area contributed by atoms with Crippen LogP contribution < -0.4 is 5.32 Å². The molecule has 1 unspecified atom stereocenters. The highest BCUT2D eigenvalue weighted by Gasteiger charge is 2.22. The number of carbonyl (C=O) groups is 2. The van der Waals surface area contributed by atoms with Crippen molar-refractivity contribution in [3.63, 3.8) is 0 Å². The molecule has 2 N–H and O–H groups in total. The number of hydrogen-bond acceptors (Lipinski definition) is 4. The van der Waals surface area contributed by atoms with Crippen molar-refractivity contribution in [2.24, 2.45) is 0 Å². The Kier molecular flexibility index (Phi) is 8.48. The number of aryl methyl sites for hydroxylation is 1. The summed E-state index contributed by atoms with van der Waals surface area (Å²) in [6.45, 7) is 8.38. The summed E-state index contributed by atoms with van der Waals surface area (Å²) in [5, 5.41) is 12.4. The van der Waals surface area contributed by atoms with Gasteiger partial charge in [0.25, 0.3) is 5.91 Å². The molecule has 1 aromatic heterocycles. The van der Waals surface area contributed by atoms with Gasteiger partial charge in [0.1, 0.15) is 6.04 Å². The molecule has 0 aliphatic heterocycles. The van der Waals surface area contributed by atoms with Crippen molar-refractivity contribution < 1.29 is 14.7 Å². The fourth-order valence-corrected chi connectivity index (χ4v) is 4.82. The first kappa shape index (κ1) is 29.4. The van der Waals surface area contributed by atoms with Crippen LogP contribution in [0.1, 0.15) is 47.8 Å². The number of nitrogens with one attached hydrogen (secondary N) is 1. The highest BCUT2D eigenvalue weighted by Crippen LogP contribution is 2.26. The monoisotopic (exact) mass is 569 g/mol. The van der Waals surface area contributed by atoms with Crippen molar-refractivity contribution in [2.45, 2.75) is 45.6 Å². The van der Waals surface area contributed by atoms with E-state index in [0.717, 1.165) is 33.4 Å². The summed E-state index contributed by atoms with van der Waals surface area (Å²) in [5.74, 6) is -0.925. The quantitative estimate of drug-likeness (QED) is 0.202. The highest BCUT2D eigenvalue weighted by atomic mass is 16.4. The molecule has 6 nitrogen and oxygen atoms in total. The predicted octanol–water partition coefficient (Wildman–Crippen LogP) is 7.51. The minimum Gasteiger partial charge on any atom is -0.480 e. The molecule has 6 heteroatoms. The van der Waals surface area contributed by atoms with Crippen LogP contribution in [0.2, 0.25) is 0 Å². The number of amides is 1. The van der Waals surface area contributed by atoms with Crippen molar-refractivity contribution in [3.8, 4) is 33.6 Å². The van der Waals surface area contributed by atoms with E-state index in [1.165, 1.54) is 11.1 Å². The molecule has 0 saturated heterocycles. The minimum absolute atomic E-state index is 0.0354. The second-order valence-electron chi connectivity index (χ2n) is 11.8. The number of carboxylic acids is 1. The number of aromatic nitrogens is 2. The van der Waals surface area contributed by atoms with Gasteiger partial charge in [0.05, 0.1) is 0 Å². The van der Waals surface area contributed by atoms with Crippen molar-refractivity contribution in [2.75, 3.05) is 0 Å². The molecule has 0 saturated carbocycles. The SMILES string of the molecule is Cc1ccc(-c2ccc(-c3cnc(-c4ccc(CC(NC(=O)c5ccc(C(C)(C)C)cc5)C(=O)O)cc4)nc3)cc2)cc1. The van der Waals surface area contributed by atoms with Crippen LogP contribution in [0.5, 0.6) is 0 Å². The van der Waals surface area contributed by atoms with Crippen molar-refractivity contribution >= 4 is 11.9 Å². The lowest BCUT2D eigenvalue weighted by Crippen LogP contribution is -2.42. The normalized spacial score (nSPS) is 12.0. The van der Waals surface area contributed by atoms with Crippen molar-refractivity contribution in [1.82, 2.24) is 15.3 Å². The summed E-state index contributed by atoms with van der Waals surface area (Å²) >= 11 is 0. The van der Waals surface area contributed by atoms with Gasteiger partial charge in [0, 0.05) is 35.5 Å². The summed E-state index contributed by atoms with van der Waals surface area (Å²) in [5.41, 5.74) is 8.61. The third-order valence-corrected chi connectivity index (χ3v) is 7.52. The van der Waals surface area contributed by atoms with Gasteiger partial charge >= 0.3 is 5.97 Å². The molecule has 0 bridgehead atoms. The largest absolute Gasteiger partial charge is 0.480 e. The number of carboxylic acid groups (broad SMARTS) is 1. The van der Waals surface area contributed by atoms with Crippen LogP contribution in [0.25, 0.3) is 33.6 Å². The Labute approximate surface area is 252 Å². The van der Waals surface area contributed by atoms with E-state index in [1.807, 2.05) is 36.4 Å². The van der Waals surface area contributed by atoms with Crippen LogP contribution in [-0.2, 0) is 16.6 Å². The van der Waals surface area contributed by atoms with Gasteiger partial charge in [-0.15, -0.1) is 0 Å². The minimum atomic E-state index is -1.09. The van der Waals surface area contributed by atoms with E-state index >= 15 is 0 Å². The number of carbonyl (C=O) groups excluding carboxylic acids is 1. The van der Waals surface area contributed by atoms with E-state index in [0.29, 0.717) is 11.4 Å². The molecule has 5 rings (SSSR count). The Morgan fingerprint density at radius 3 is 1.70 bits per heavy atom. The Bertz CT molecular complexity index is 1700. The predicted molar refractivity (Wildman–Crippen MR) is 171 cm³/mol. The molecule has 1 atom stereocenters. The lowest BCUT2D eigenvalue weighted by molar-refractivity contribution is -0.139. The van der Waals surface area contributed by atoms with Crippen LogP contribution in [-0.4, -0.2) is 33.0 Å². The van der Waals surface area contributed by atoms with Crippen molar-refractivity contribution in [1.29, 1.82) is 0 Å². The van der Waals surface area contributed by atoms with Crippen molar-refractivity contribution in [3.05, 3.63) is 132 Å². The topological polar surface area (TPSA) is 92.2 Å². The van der Waals surface area contributed by atoms with E-state index in [2.05, 4.69) is 91.5 Å². The lowest BCUT2D eigenvalue weighted by atomic mass is 9.86. The molecule has 1 heterocycles. The van der Waals surface area contributed by atoms with Gasteiger partial charge in [-0.05, 0) is 52.3 Å². The molecular weight excluding hydrogens is 534 g/mol. The molecule has 4 aromatic carbocycles. The molecule has 0 fully saturated rings. The van der Waals surface area contributed by atoms with E-state index in [-0.39, 0.29) is 11.8 Å². The van der Waals surface area contributed by atoms with Crippen LogP contribution in [0, 0.1) is 6.92 Å². The average molecular weight is 570 g/mol. The molecular formula is C37H35N3O3. The number of benzene rings is 4. The molecule has 5 aromatic rings. The van der Waals surface area contributed by atoms with Crippen LogP contribution in [0.3, 0.4) is 0 Å². The Morgan fingerprint density at radius 1 is 0.698 bits per heavy atom. The zero-order valence-corrected chi connectivity index (χ0v) is 24.8. The smallest absolute Gasteiger partial charge is 0.326 e. The summed E-state index contributed by atoms with van der Waals surface area (Å²) in [4.78, 5) is 33.9. The van der Waals surface area contributed by atoms with Gasteiger partial charge in [0.15, 0.2) is 5.82 Å². The number of aliphatic carboxylic acids is 1. The van der Waals surface area contributed by atoms with Gasteiger partial charge in [-0.1, -0.05) is 111 Å². The number of rotatable bonds is 8. The maximum atomic E-state index is 12.8. The standard InChI is InChI=1S/C37H35N3O3/c1-24-5-9-26(10-6-24)27-13-15-28(16-14-27)31-22-38-34(39-23-31)29-11-7-25(8-12-29)21-33(36(42)43)40-35(41)30-17-19-32(20-18-30)37(2,3)4/h5-20,22-23,33H,21H2,1-4H3,(H,40,41)(H,42,43). The Balaban J connectivity index is 1.22. The van der Waals surface area contributed by atoms with Gasteiger partial charge in [-0.3, -0.25) is 4.79 Å². The molecule has 0 spiro atoms. The third kappa shape index (κ3) is 7.22. The highest BCUT2D eigenvalue weighted by molar-refractivity contribution is 5.96. The second-order valence-corrected chi connectivity index (χ2v) is 11.8. The fraction of sp³-hybridized carbons (Fsp3) is 0.189. The number of nitrogens with zero attached hydrogens (tertiary/aromatic N) is 2. The van der Waals surface area contributed by atoms with Gasteiger partial charge in [-0.2, -0.15) is 0 Å². The molecule has 216 valence electrons. The molecule has 0 radical (unpaired) electrons. The Morgan fingerprint density at radius 2 is 1.19 bits per heavy atom. The summed E-state index contributed by atoms with van der Waals surface area (Å²) < 4.78 is 0. The molecule has 1 amide bonds. The zero-order chi connectivity index (χ0) is 30.6. The molecule has 43 heavy (non-hydrogen) atoms. The average Bonchev–Trinajstić information content (AvgIpc) is 3.01. The first-order chi connectivity index (χ1) is 20.6. The van der Waals surface area contributed by atoms with E-state index in [9.17, 15) is 14.7 Å². The maximum absolute atomic E-state index is 12.8. The van der Waals surface area contributed by atoms with E-state index in [1.54, 1.807) is 24.5 Å². The summed E-state index contributed by atoms with van der Waals surface area (Å²) in [6.07, 6.45) is 3.77. The summed E-state index contributed by atoms with van der Waals surface area (Å²) in [7, 11) is 0. The van der Waals surface area contributed by atoms with E-state index in [4.69, 9.17) is 0 Å². The number of hydrogen-bond donors (Lipinski definition) is 2. The van der Waals surface area contributed by atoms with Gasteiger partial charge in [-0.25, -0.2) is 14.8 Å². The molecule has 0 aliphatic rings. The Hall–Kier alpha value is -5.10. The zero-order valence-electron chi connectivity index (χ0n) is 24.8. The van der Waals surface area contributed by atoms with E-state index < -0.39 is 17.9 Å². The van der Waals surface area contributed by atoms with Crippen LogP contribution in [0.15, 0.2) is 109 Å². The first-order valence-corrected chi connectivity index (χ1v) is 14.3. The third-order valence-electron chi connectivity index (χ3n) is 7.52. The maximum Gasteiger partial charge on any atom is 0.326 e. The first-order valence-electron chi connectivity index (χ1n) is 14.3. The lowest BCUT2D eigenvalue weighted by Gasteiger charge is -2.19. The second kappa shape index (κ2) is 12.4. The van der Waals surface area contributed by atoms with Gasteiger partial charge in [0.2, 0.25) is 0 Å². The fourth-order valence-electron chi connectivity index (χ4n) is 4.82. The van der Waals surface area contributed by atoms with Crippen LogP contribution >= 0.6 is 0 Å². The van der Waals surface area contributed by atoms with Crippen LogP contribution in [0.4, 0.5) is 0 Å².